The molecule has 0 aliphatic carbocycles. The molecule has 7 nitrogen and oxygen atoms in total. The van der Waals surface area contributed by atoms with Gasteiger partial charge in [-0.15, -0.1) is 0 Å². The SMILES string of the molecule is COc1ccc(C#N)cc1.N#Cc1ccc(N2C(=O)NC(Cc3ccccc3)C2=O)cc1C(F)(F)F. The number of halogens is 3. The molecule has 3 amide bonds. The number of carbonyl (C=O) groups is 2. The van der Waals surface area contributed by atoms with Gasteiger partial charge in [0.15, 0.2) is 0 Å². The summed E-state index contributed by atoms with van der Waals surface area (Å²) in [6.07, 6.45) is -4.55. The van der Waals surface area contributed by atoms with Gasteiger partial charge in [-0.25, -0.2) is 9.69 Å². The Kier molecular flexibility index (Phi) is 7.92. The van der Waals surface area contributed by atoms with Crippen molar-refractivity contribution >= 4 is 17.6 Å². The van der Waals surface area contributed by atoms with Crippen LogP contribution in [0.3, 0.4) is 0 Å². The van der Waals surface area contributed by atoms with Crippen LogP contribution in [-0.4, -0.2) is 25.1 Å². The summed E-state index contributed by atoms with van der Waals surface area (Å²) in [5, 5.41) is 19.7. The lowest BCUT2D eigenvalue weighted by atomic mass is 10.0. The van der Waals surface area contributed by atoms with Gasteiger partial charge < -0.3 is 10.1 Å². The molecule has 0 radical (unpaired) electrons. The van der Waals surface area contributed by atoms with E-state index in [1.54, 1.807) is 61.7 Å². The number of anilines is 1. The second-order valence-electron chi connectivity index (χ2n) is 7.55. The van der Waals surface area contributed by atoms with Crippen molar-refractivity contribution < 1.29 is 27.5 Å². The van der Waals surface area contributed by atoms with Crippen LogP contribution in [0.2, 0.25) is 0 Å². The normalized spacial score (nSPS) is 14.7. The first kappa shape index (κ1) is 25.8. The molecule has 182 valence electrons. The maximum absolute atomic E-state index is 13.1. The molecule has 0 spiro atoms. The second-order valence-corrected chi connectivity index (χ2v) is 7.55. The van der Waals surface area contributed by atoms with Crippen molar-refractivity contribution in [3.63, 3.8) is 0 Å². The first-order valence-corrected chi connectivity index (χ1v) is 10.5. The third-order valence-corrected chi connectivity index (χ3v) is 5.21. The van der Waals surface area contributed by atoms with Gasteiger partial charge in [-0.1, -0.05) is 30.3 Å². The number of imide groups is 1. The summed E-state index contributed by atoms with van der Waals surface area (Å²) in [7, 11) is 1.60. The maximum atomic E-state index is 13.1. The van der Waals surface area contributed by atoms with Gasteiger partial charge in [0.25, 0.3) is 5.91 Å². The van der Waals surface area contributed by atoms with Crippen molar-refractivity contribution in [2.24, 2.45) is 0 Å². The fourth-order valence-electron chi connectivity index (χ4n) is 3.43. The molecule has 1 heterocycles. The lowest BCUT2D eigenvalue weighted by Gasteiger charge is -2.16. The summed E-state index contributed by atoms with van der Waals surface area (Å²) < 4.78 is 44.2. The van der Waals surface area contributed by atoms with E-state index in [9.17, 15) is 22.8 Å². The summed E-state index contributed by atoms with van der Waals surface area (Å²) in [6.45, 7) is 0. The lowest BCUT2D eigenvalue weighted by Crippen LogP contribution is -2.32. The molecule has 0 bridgehead atoms. The predicted molar refractivity (Wildman–Crippen MR) is 124 cm³/mol. The molecule has 3 aromatic rings. The molecule has 1 saturated heterocycles. The van der Waals surface area contributed by atoms with Crippen LogP contribution < -0.4 is 15.0 Å². The number of alkyl halides is 3. The van der Waals surface area contributed by atoms with Crippen molar-refractivity contribution in [2.75, 3.05) is 12.0 Å². The van der Waals surface area contributed by atoms with E-state index in [2.05, 4.69) is 5.32 Å². The van der Waals surface area contributed by atoms with Crippen molar-refractivity contribution in [3.05, 3.63) is 95.1 Å². The zero-order valence-electron chi connectivity index (χ0n) is 18.9. The minimum absolute atomic E-state index is 0.227. The number of carbonyl (C=O) groups excluding carboxylic acids is 2. The van der Waals surface area contributed by atoms with Crippen molar-refractivity contribution in [2.45, 2.75) is 18.6 Å². The van der Waals surface area contributed by atoms with E-state index < -0.39 is 35.3 Å². The molecule has 1 atom stereocenters. The van der Waals surface area contributed by atoms with E-state index in [1.165, 1.54) is 6.07 Å². The van der Waals surface area contributed by atoms with Gasteiger partial charge in [0.2, 0.25) is 0 Å². The topological polar surface area (TPSA) is 106 Å². The first-order valence-electron chi connectivity index (χ1n) is 10.5. The number of hydrogen-bond acceptors (Lipinski definition) is 5. The van der Waals surface area contributed by atoms with Crippen LogP contribution in [0.5, 0.6) is 5.75 Å². The van der Waals surface area contributed by atoms with Crippen molar-refractivity contribution in [3.8, 4) is 17.9 Å². The first-order chi connectivity index (χ1) is 17.2. The van der Waals surface area contributed by atoms with Crippen molar-refractivity contribution in [1.82, 2.24) is 5.32 Å². The van der Waals surface area contributed by atoms with Crippen LogP contribution >= 0.6 is 0 Å². The Morgan fingerprint density at radius 2 is 1.64 bits per heavy atom. The molecule has 3 aromatic carbocycles. The summed E-state index contributed by atoms with van der Waals surface area (Å²) in [5.41, 5.74) is -0.530. The second kappa shape index (κ2) is 11.1. The molecular weight excluding hydrogens is 473 g/mol. The highest BCUT2D eigenvalue weighted by Gasteiger charge is 2.41. The van der Waals surface area contributed by atoms with E-state index in [-0.39, 0.29) is 12.1 Å². The molecule has 0 aromatic heterocycles. The van der Waals surface area contributed by atoms with E-state index in [1.807, 2.05) is 6.07 Å². The monoisotopic (exact) mass is 492 g/mol. The van der Waals surface area contributed by atoms with Crippen LogP contribution in [0, 0.1) is 22.7 Å². The molecule has 1 fully saturated rings. The predicted octanol–water partition coefficient (Wildman–Crippen LogP) is 4.81. The largest absolute Gasteiger partial charge is 0.497 e. The molecule has 10 heteroatoms. The quantitative estimate of drug-likeness (QED) is 0.526. The Bertz CT molecular complexity index is 1330. The number of ether oxygens (including phenoxy) is 1. The van der Waals surface area contributed by atoms with Crippen LogP contribution in [0.4, 0.5) is 23.7 Å². The van der Waals surface area contributed by atoms with Gasteiger partial charge in [0.05, 0.1) is 41.6 Å². The summed E-state index contributed by atoms with van der Waals surface area (Å²) >= 11 is 0. The number of rotatable bonds is 4. The molecular formula is C26H19F3N4O3. The summed E-state index contributed by atoms with van der Waals surface area (Å²) in [5.74, 6) is 0.135. The number of amides is 3. The summed E-state index contributed by atoms with van der Waals surface area (Å²) in [6, 6.07) is 20.5. The standard InChI is InChI=1S/C18H12F3N3O2.C8H7NO/c19-18(20,21)14-9-13(7-6-12(14)10-22)24-16(25)15(23-17(24)26)8-11-4-2-1-3-5-11;1-10-8-4-2-7(6-9)3-5-8/h1-7,9,15H,8H2,(H,23,26);2-5H,1H3. The molecule has 36 heavy (non-hydrogen) atoms. The number of benzene rings is 3. The molecule has 0 saturated carbocycles. The molecule has 1 aliphatic rings. The molecule has 1 aliphatic heterocycles. The van der Waals surface area contributed by atoms with Crippen LogP contribution in [0.15, 0.2) is 72.8 Å². The van der Waals surface area contributed by atoms with Gasteiger partial charge in [-0.2, -0.15) is 23.7 Å². The van der Waals surface area contributed by atoms with Gasteiger partial charge in [-0.05, 0) is 48.0 Å². The van der Waals surface area contributed by atoms with Crippen LogP contribution in [0.25, 0.3) is 0 Å². The maximum Gasteiger partial charge on any atom is 0.417 e. The number of nitriles is 2. The molecule has 1 N–H and O–H groups in total. The fourth-order valence-corrected chi connectivity index (χ4v) is 3.43. The number of methoxy groups -OCH3 is 1. The Balaban J connectivity index is 0.000000303. The van der Waals surface area contributed by atoms with Gasteiger partial charge in [0, 0.05) is 6.42 Å². The Labute approximate surface area is 204 Å². The Morgan fingerprint density at radius 1 is 0.972 bits per heavy atom. The van der Waals surface area contributed by atoms with Crippen LogP contribution in [-0.2, 0) is 17.4 Å². The van der Waals surface area contributed by atoms with E-state index in [4.69, 9.17) is 15.3 Å². The molecule has 1 unspecified atom stereocenters. The lowest BCUT2D eigenvalue weighted by molar-refractivity contribution is -0.137. The van der Waals surface area contributed by atoms with E-state index >= 15 is 0 Å². The van der Waals surface area contributed by atoms with E-state index in [0.717, 1.165) is 23.4 Å². The van der Waals surface area contributed by atoms with Gasteiger partial charge in [-0.3, -0.25) is 4.79 Å². The highest BCUT2D eigenvalue weighted by Crippen LogP contribution is 2.35. The Morgan fingerprint density at radius 3 is 2.19 bits per heavy atom. The third kappa shape index (κ3) is 5.99. The highest BCUT2D eigenvalue weighted by molar-refractivity contribution is 6.21. The molecule has 4 rings (SSSR count). The fraction of sp³-hybridized carbons (Fsp3) is 0.154. The summed E-state index contributed by atoms with van der Waals surface area (Å²) in [4.78, 5) is 25.4. The zero-order valence-corrected chi connectivity index (χ0v) is 18.9. The Hall–Kier alpha value is -4.83. The average Bonchev–Trinajstić information content (AvgIpc) is 3.16. The smallest absolute Gasteiger partial charge is 0.417 e. The zero-order chi connectivity index (χ0) is 26.3. The highest BCUT2D eigenvalue weighted by atomic mass is 19.4. The minimum Gasteiger partial charge on any atom is -0.497 e. The van der Waals surface area contributed by atoms with E-state index in [0.29, 0.717) is 16.5 Å². The minimum atomic E-state index is -4.77. The number of nitrogens with one attached hydrogen (secondary N) is 1. The third-order valence-electron chi connectivity index (χ3n) is 5.21. The number of nitrogens with zero attached hydrogens (tertiary/aromatic N) is 3. The van der Waals surface area contributed by atoms with Gasteiger partial charge in [0.1, 0.15) is 11.8 Å². The van der Waals surface area contributed by atoms with Gasteiger partial charge >= 0.3 is 12.2 Å². The van der Waals surface area contributed by atoms with Crippen LogP contribution in [0.1, 0.15) is 22.3 Å². The average molecular weight is 492 g/mol. The number of hydrogen-bond donors (Lipinski definition) is 1. The number of urea groups is 1. The van der Waals surface area contributed by atoms with Crippen molar-refractivity contribution in [1.29, 1.82) is 10.5 Å².